The van der Waals surface area contributed by atoms with E-state index in [1.807, 2.05) is 43.3 Å². The standard InChI is InChI=1S/C16H16N2O/c1-13-10-14(11-17)5-6-15(13)12-19-9-7-16-4-2-3-8-18-16/h2-6,8,10H,7,9,12H2,1H3. The molecule has 0 aliphatic heterocycles. The molecule has 0 spiro atoms. The van der Waals surface area contributed by atoms with Gasteiger partial charge in [-0.2, -0.15) is 5.26 Å². The number of aryl methyl sites for hydroxylation is 1. The number of ether oxygens (including phenoxy) is 1. The third-order valence-corrected chi connectivity index (χ3v) is 2.96. The monoisotopic (exact) mass is 252 g/mol. The molecule has 3 heteroatoms. The summed E-state index contributed by atoms with van der Waals surface area (Å²) in [5, 5.41) is 8.80. The maximum absolute atomic E-state index is 8.80. The highest BCUT2D eigenvalue weighted by Crippen LogP contribution is 2.11. The lowest BCUT2D eigenvalue weighted by molar-refractivity contribution is 0.123. The molecule has 1 aromatic carbocycles. The van der Waals surface area contributed by atoms with Crippen molar-refractivity contribution in [3.63, 3.8) is 0 Å². The van der Waals surface area contributed by atoms with Crippen LogP contribution in [0.25, 0.3) is 0 Å². The van der Waals surface area contributed by atoms with Gasteiger partial charge in [0.05, 0.1) is 24.8 Å². The van der Waals surface area contributed by atoms with Gasteiger partial charge in [-0.3, -0.25) is 4.98 Å². The molecule has 1 heterocycles. The molecule has 0 saturated carbocycles. The predicted octanol–water partition coefficient (Wildman–Crippen LogP) is 3.02. The van der Waals surface area contributed by atoms with Gasteiger partial charge in [0, 0.05) is 18.3 Å². The lowest BCUT2D eigenvalue weighted by Crippen LogP contribution is -2.01. The van der Waals surface area contributed by atoms with Gasteiger partial charge in [0.15, 0.2) is 0 Å². The van der Waals surface area contributed by atoms with Gasteiger partial charge in [0.2, 0.25) is 0 Å². The Kier molecular flexibility index (Phi) is 4.66. The van der Waals surface area contributed by atoms with Gasteiger partial charge in [0.25, 0.3) is 0 Å². The molecule has 0 atom stereocenters. The second-order valence-electron chi connectivity index (χ2n) is 4.38. The number of benzene rings is 1. The highest BCUT2D eigenvalue weighted by Gasteiger charge is 2.00. The van der Waals surface area contributed by atoms with E-state index in [1.54, 1.807) is 6.20 Å². The largest absolute Gasteiger partial charge is 0.376 e. The van der Waals surface area contributed by atoms with Crippen LogP contribution in [0.5, 0.6) is 0 Å². The Hall–Kier alpha value is -2.18. The molecule has 0 saturated heterocycles. The van der Waals surface area contributed by atoms with Crippen molar-refractivity contribution in [3.8, 4) is 6.07 Å². The molecular weight excluding hydrogens is 236 g/mol. The molecule has 0 amide bonds. The van der Waals surface area contributed by atoms with Gasteiger partial charge < -0.3 is 4.74 Å². The molecule has 1 aromatic heterocycles. The van der Waals surface area contributed by atoms with Crippen LogP contribution in [0.15, 0.2) is 42.6 Å². The van der Waals surface area contributed by atoms with Crippen molar-refractivity contribution in [3.05, 3.63) is 65.0 Å². The second kappa shape index (κ2) is 6.67. The SMILES string of the molecule is Cc1cc(C#N)ccc1COCCc1ccccn1. The van der Waals surface area contributed by atoms with Crippen molar-refractivity contribution < 1.29 is 4.74 Å². The highest BCUT2D eigenvalue weighted by atomic mass is 16.5. The minimum atomic E-state index is 0.574. The first-order valence-corrected chi connectivity index (χ1v) is 6.27. The molecule has 96 valence electrons. The maximum Gasteiger partial charge on any atom is 0.0991 e. The van der Waals surface area contributed by atoms with E-state index in [1.165, 1.54) is 0 Å². The zero-order valence-corrected chi connectivity index (χ0v) is 11.0. The van der Waals surface area contributed by atoms with E-state index in [0.29, 0.717) is 18.8 Å². The summed E-state index contributed by atoms with van der Waals surface area (Å²) in [5.41, 5.74) is 3.95. The molecule has 0 fully saturated rings. The molecule has 0 N–H and O–H groups in total. The highest BCUT2D eigenvalue weighted by molar-refractivity contribution is 5.37. The Labute approximate surface area is 113 Å². The molecule has 0 unspecified atom stereocenters. The molecular formula is C16H16N2O. The van der Waals surface area contributed by atoms with Crippen LogP contribution in [-0.4, -0.2) is 11.6 Å². The Balaban J connectivity index is 1.82. The van der Waals surface area contributed by atoms with Gasteiger partial charge in [-0.15, -0.1) is 0 Å². The number of pyridine rings is 1. The van der Waals surface area contributed by atoms with Crippen LogP contribution < -0.4 is 0 Å². The van der Waals surface area contributed by atoms with E-state index in [4.69, 9.17) is 10.00 Å². The second-order valence-corrected chi connectivity index (χ2v) is 4.38. The number of rotatable bonds is 5. The molecule has 0 bridgehead atoms. The number of nitriles is 1. The Morgan fingerprint density at radius 3 is 2.84 bits per heavy atom. The van der Waals surface area contributed by atoms with Crippen LogP contribution in [0.2, 0.25) is 0 Å². The third kappa shape index (κ3) is 3.90. The van der Waals surface area contributed by atoms with Gasteiger partial charge in [-0.05, 0) is 42.3 Å². The summed E-state index contributed by atoms with van der Waals surface area (Å²) in [7, 11) is 0. The zero-order valence-electron chi connectivity index (χ0n) is 11.0. The quantitative estimate of drug-likeness (QED) is 0.768. The zero-order chi connectivity index (χ0) is 13.5. The van der Waals surface area contributed by atoms with E-state index in [2.05, 4.69) is 11.1 Å². The van der Waals surface area contributed by atoms with Gasteiger partial charge in [0.1, 0.15) is 0 Å². The van der Waals surface area contributed by atoms with Crippen LogP contribution in [0.1, 0.15) is 22.4 Å². The number of aromatic nitrogens is 1. The van der Waals surface area contributed by atoms with Crippen LogP contribution in [0.3, 0.4) is 0 Å². The normalized spacial score (nSPS) is 10.1. The average molecular weight is 252 g/mol. The van der Waals surface area contributed by atoms with Crippen LogP contribution in [-0.2, 0) is 17.8 Å². The Morgan fingerprint density at radius 2 is 2.16 bits per heavy atom. The molecule has 3 nitrogen and oxygen atoms in total. The van der Waals surface area contributed by atoms with E-state index >= 15 is 0 Å². The third-order valence-electron chi connectivity index (χ3n) is 2.96. The summed E-state index contributed by atoms with van der Waals surface area (Å²) in [5.74, 6) is 0. The number of hydrogen-bond donors (Lipinski definition) is 0. The van der Waals surface area contributed by atoms with E-state index in [0.717, 1.165) is 23.2 Å². The van der Waals surface area contributed by atoms with Gasteiger partial charge in [-0.25, -0.2) is 0 Å². The van der Waals surface area contributed by atoms with Gasteiger partial charge in [-0.1, -0.05) is 12.1 Å². The van der Waals surface area contributed by atoms with Crippen molar-refractivity contribution in [2.75, 3.05) is 6.61 Å². The lowest BCUT2D eigenvalue weighted by atomic mass is 10.1. The van der Waals surface area contributed by atoms with Crippen molar-refractivity contribution in [2.24, 2.45) is 0 Å². The summed E-state index contributed by atoms with van der Waals surface area (Å²) in [6.07, 6.45) is 2.61. The van der Waals surface area contributed by atoms with E-state index < -0.39 is 0 Å². The van der Waals surface area contributed by atoms with Crippen molar-refractivity contribution in [1.29, 1.82) is 5.26 Å². The summed E-state index contributed by atoms with van der Waals surface area (Å²) in [6, 6.07) is 13.7. The number of nitrogens with zero attached hydrogens (tertiary/aromatic N) is 2. The fourth-order valence-electron chi connectivity index (χ4n) is 1.83. The van der Waals surface area contributed by atoms with Crippen molar-refractivity contribution in [2.45, 2.75) is 20.0 Å². The molecule has 2 aromatic rings. The minimum absolute atomic E-state index is 0.574. The molecule has 19 heavy (non-hydrogen) atoms. The minimum Gasteiger partial charge on any atom is -0.376 e. The topological polar surface area (TPSA) is 45.9 Å². The van der Waals surface area contributed by atoms with Gasteiger partial charge >= 0.3 is 0 Å². The van der Waals surface area contributed by atoms with Crippen LogP contribution >= 0.6 is 0 Å². The van der Waals surface area contributed by atoms with Crippen molar-refractivity contribution >= 4 is 0 Å². The number of hydrogen-bond acceptors (Lipinski definition) is 3. The smallest absolute Gasteiger partial charge is 0.0991 e. The summed E-state index contributed by atoms with van der Waals surface area (Å²) in [6.45, 7) is 3.22. The predicted molar refractivity (Wildman–Crippen MR) is 73.5 cm³/mol. The molecule has 0 aliphatic rings. The first kappa shape index (κ1) is 13.3. The average Bonchev–Trinajstić information content (AvgIpc) is 2.46. The fraction of sp³-hybridized carbons (Fsp3) is 0.250. The fourth-order valence-corrected chi connectivity index (χ4v) is 1.83. The summed E-state index contributed by atoms with van der Waals surface area (Å²) >= 11 is 0. The Morgan fingerprint density at radius 1 is 1.26 bits per heavy atom. The van der Waals surface area contributed by atoms with Crippen molar-refractivity contribution in [1.82, 2.24) is 4.98 Å². The maximum atomic E-state index is 8.80. The van der Waals surface area contributed by atoms with Crippen LogP contribution in [0, 0.1) is 18.3 Å². The van der Waals surface area contributed by atoms with E-state index in [-0.39, 0.29) is 0 Å². The Bertz CT molecular complexity index is 573. The first-order chi connectivity index (χ1) is 9.29. The summed E-state index contributed by atoms with van der Waals surface area (Å²) < 4.78 is 5.66. The molecule has 2 rings (SSSR count). The molecule has 0 aliphatic carbocycles. The summed E-state index contributed by atoms with van der Waals surface area (Å²) in [4.78, 5) is 4.25. The van der Waals surface area contributed by atoms with Crippen LogP contribution in [0.4, 0.5) is 0 Å². The first-order valence-electron chi connectivity index (χ1n) is 6.27. The molecule has 0 radical (unpaired) electrons. The van der Waals surface area contributed by atoms with E-state index in [9.17, 15) is 0 Å². The lowest BCUT2D eigenvalue weighted by Gasteiger charge is -2.07.